The molecule has 0 saturated carbocycles. The molecule has 0 aromatic carbocycles. The molecule has 0 radical (unpaired) electrons. The first-order valence-corrected chi connectivity index (χ1v) is 4.35. The lowest BCUT2D eigenvalue weighted by molar-refractivity contribution is -0.142. The lowest BCUT2D eigenvalue weighted by Gasteiger charge is -2.10. The van der Waals surface area contributed by atoms with Crippen LogP contribution < -0.4 is 11.1 Å². The number of amides is 1. The van der Waals surface area contributed by atoms with E-state index in [1.807, 2.05) is 0 Å². The molecule has 0 bridgehead atoms. The molecule has 0 aliphatic heterocycles. The van der Waals surface area contributed by atoms with Gasteiger partial charge in [0.1, 0.15) is 12.1 Å². The Bertz CT molecular complexity index is 266. The second-order valence-corrected chi connectivity index (χ2v) is 3.11. The van der Waals surface area contributed by atoms with Gasteiger partial charge in [-0.2, -0.15) is 0 Å². The number of rotatable bonds is 6. The summed E-state index contributed by atoms with van der Waals surface area (Å²) in [5.74, 6) is -2.86. The van der Waals surface area contributed by atoms with Crippen molar-refractivity contribution in [1.82, 2.24) is 5.32 Å². The Morgan fingerprint density at radius 3 is 2.20 bits per heavy atom. The van der Waals surface area contributed by atoms with E-state index in [1.165, 1.54) is 6.92 Å². The van der Waals surface area contributed by atoms with Crippen LogP contribution in [0, 0.1) is 0 Å². The molecular formula is C8H14N2O5. The van der Waals surface area contributed by atoms with Gasteiger partial charge in [-0.3, -0.25) is 14.4 Å². The van der Waals surface area contributed by atoms with E-state index in [0.29, 0.717) is 0 Å². The minimum absolute atomic E-state index is 0.0203. The number of hydrogen-bond donors (Lipinski definition) is 4. The van der Waals surface area contributed by atoms with Crippen LogP contribution in [0.4, 0.5) is 0 Å². The van der Waals surface area contributed by atoms with E-state index >= 15 is 0 Å². The standard InChI is InChI=1S/C8H14N2O5/c1-4(7(12)13)10-6(11)3-2-5(9)8(14)15/h4-5H,2-3,9H2,1H3,(H,10,11)(H,12,13)(H,14,15)/t4-,5?/m0/s1. The van der Waals surface area contributed by atoms with Crippen molar-refractivity contribution in [2.24, 2.45) is 5.73 Å². The van der Waals surface area contributed by atoms with Gasteiger partial charge in [-0.25, -0.2) is 0 Å². The quantitative estimate of drug-likeness (QED) is 0.441. The summed E-state index contributed by atoms with van der Waals surface area (Å²) < 4.78 is 0. The zero-order chi connectivity index (χ0) is 12.0. The predicted molar refractivity (Wildman–Crippen MR) is 50.1 cm³/mol. The summed E-state index contributed by atoms with van der Waals surface area (Å²) >= 11 is 0. The van der Waals surface area contributed by atoms with Crippen molar-refractivity contribution in [3.8, 4) is 0 Å². The highest BCUT2D eigenvalue weighted by Crippen LogP contribution is 1.95. The molecule has 1 unspecified atom stereocenters. The van der Waals surface area contributed by atoms with E-state index in [-0.39, 0.29) is 12.8 Å². The molecule has 0 heterocycles. The van der Waals surface area contributed by atoms with Crippen LogP contribution in [0.15, 0.2) is 0 Å². The highest BCUT2D eigenvalue weighted by atomic mass is 16.4. The molecule has 0 aromatic heterocycles. The summed E-state index contributed by atoms with van der Waals surface area (Å²) in [6, 6.07) is -2.09. The summed E-state index contributed by atoms with van der Waals surface area (Å²) in [4.78, 5) is 31.7. The number of nitrogens with two attached hydrogens (primary N) is 1. The smallest absolute Gasteiger partial charge is 0.325 e. The lowest BCUT2D eigenvalue weighted by Crippen LogP contribution is -2.39. The third kappa shape index (κ3) is 5.63. The first kappa shape index (κ1) is 13.4. The summed E-state index contributed by atoms with van der Waals surface area (Å²) in [7, 11) is 0. The fourth-order valence-electron chi connectivity index (χ4n) is 0.785. The molecule has 1 amide bonds. The van der Waals surface area contributed by atoms with Crippen LogP contribution in [0.2, 0.25) is 0 Å². The van der Waals surface area contributed by atoms with Gasteiger partial charge in [0.05, 0.1) is 0 Å². The van der Waals surface area contributed by atoms with Gasteiger partial charge in [0, 0.05) is 6.42 Å². The number of aliphatic carboxylic acids is 2. The fraction of sp³-hybridized carbons (Fsp3) is 0.625. The van der Waals surface area contributed by atoms with Crippen molar-refractivity contribution in [3.05, 3.63) is 0 Å². The molecule has 7 heteroatoms. The van der Waals surface area contributed by atoms with E-state index < -0.39 is 29.9 Å². The minimum Gasteiger partial charge on any atom is -0.480 e. The summed E-state index contributed by atoms with van der Waals surface area (Å²) in [6.45, 7) is 1.32. The van der Waals surface area contributed by atoms with Gasteiger partial charge in [-0.1, -0.05) is 0 Å². The van der Waals surface area contributed by atoms with E-state index in [2.05, 4.69) is 5.32 Å². The Morgan fingerprint density at radius 2 is 1.80 bits per heavy atom. The van der Waals surface area contributed by atoms with Gasteiger partial charge in [0.15, 0.2) is 0 Å². The van der Waals surface area contributed by atoms with Crippen LogP contribution in [0.3, 0.4) is 0 Å². The van der Waals surface area contributed by atoms with Crippen molar-refractivity contribution >= 4 is 17.8 Å². The zero-order valence-electron chi connectivity index (χ0n) is 8.27. The number of hydrogen-bond acceptors (Lipinski definition) is 4. The maximum atomic E-state index is 11.1. The van der Waals surface area contributed by atoms with E-state index in [1.54, 1.807) is 0 Å². The van der Waals surface area contributed by atoms with Crippen LogP contribution in [0.1, 0.15) is 19.8 Å². The van der Waals surface area contributed by atoms with Gasteiger partial charge in [0.25, 0.3) is 0 Å². The van der Waals surface area contributed by atoms with Crippen molar-refractivity contribution in [2.75, 3.05) is 0 Å². The molecule has 0 aromatic rings. The van der Waals surface area contributed by atoms with Gasteiger partial charge >= 0.3 is 11.9 Å². The Kier molecular flexibility index (Phi) is 5.32. The molecule has 0 aliphatic rings. The largest absolute Gasteiger partial charge is 0.480 e. The van der Waals surface area contributed by atoms with Gasteiger partial charge < -0.3 is 21.3 Å². The Labute approximate surface area is 86.3 Å². The predicted octanol–water partition coefficient (Wildman–Crippen LogP) is -1.23. The van der Waals surface area contributed by atoms with Gasteiger partial charge in [0.2, 0.25) is 5.91 Å². The van der Waals surface area contributed by atoms with Crippen LogP contribution >= 0.6 is 0 Å². The van der Waals surface area contributed by atoms with Crippen LogP contribution in [0.5, 0.6) is 0 Å². The first-order chi connectivity index (χ1) is 6.84. The van der Waals surface area contributed by atoms with E-state index in [9.17, 15) is 14.4 Å². The molecule has 86 valence electrons. The summed E-state index contributed by atoms with van der Waals surface area (Å²) in [6.07, 6.45) is -0.126. The Morgan fingerprint density at radius 1 is 1.27 bits per heavy atom. The maximum absolute atomic E-state index is 11.1. The number of carboxylic acid groups (broad SMARTS) is 2. The second kappa shape index (κ2) is 5.97. The highest BCUT2D eigenvalue weighted by Gasteiger charge is 2.16. The minimum atomic E-state index is -1.19. The third-order valence-corrected chi connectivity index (χ3v) is 1.75. The molecule has 0 spiro atoms. The van der Waals surface area contributed by atoms with Crippen LogP contribution in [0.25, 0.3) is 0 Å². The fourth-order valence-corrected chi connectivity index (χ4v) is 0.785. The molecule has 0 aliphatic carbocycles. The molecule has 2 atom stereocenters. The number of carbonyl (C=O) groups is 3. The van der Waals surface area contributed by atoms with E-state index in [4.69, 9.17) is 15.9 Å². The molecule has 7 nitrogen and oxygen atoms in total. The van der Waals surface area contributed by atoms with Crippen molar-refractivity contribution < 1.29 is 24.6 Å². The molecule has 0 rings (SSSR count). The topological polar surface area (TPSA) is 130 Å². The molecule has 0 saturated heterocycles. The highest BCUT2D eigenvalue weighted by molar-refractivity contribution is 5.83. The Hall–Kier alpha value is -1.63. The monoisotopic (exact) mass is 218 g/mol. The average Bonchev–Trinajstić information content (AvgIpc) is 2.13. The number of carboxylic acids is 2. The number of nitrogens with one attached hydrogen (secondary N) is 1. The Balaban J connectivity index is 3.85. The average molecular weight is 218 g/mol. The van der Waals surface area contributed by atoms with Gasteiger partial charge in [-0.15, -0.1) is 0 Å². The van der Waals surface area contributed by atoms with Crippen LogP contribution in [-0.4, -0.2) is 40.1 Å². The second-order valence-electron chi connectivity index (χ2n) is 3.11. The molecular weight excluding hydrogens is 204 g/mol. The first-order valence-electron chi connectivity index (χ1n) is 4.35. The number of carbonyl (C=O) groups excluding carboxylic acids is 1. The summed E-state index contributed by atoms with van der Waals surface area (Å²) in [5.41, 5.74) is 5.16. The molecule has 5 N–H and O–H groups in total. The van der Waals surface area contributed by atoms with E-state index in [0.717, 1.165) is 0 Å². The molecule has 15 heavy (non-hydrogen) atoms. The van der Waals surface area contributed by atoms with Crippen molar-refractivity contribution in [1.29, 1.82) is 0 Å². The SMILES string of the molecule is C[C@H](NC(=O)CCC(N)C(=O)O)C(=O)O. The van der Waals surface area contributed by atoms with Gasteiger partial charge in [-0.05, 0) is 13.3 Å². The molecule has 0 fully saturated rings. The lowest BCUT2D eigenvalue weighted by atomic mass is 10.1. The maximum Gasteiger partial charge on any atom is 0.325 e. The zero-order valence-corrected chi connectivity index (χ0v) is 8.27. The van der Waals surface area contributed by atoms with Crippen LogP contribution in [-0.2, 0) is 14.4 Å². The van der Waals surface area contributed by atoms with Crippen molar-refractivity contribution in [3.63, 3.8) is 0 Å². The van der Waals surface area contributed by atoms with Crippen molar-refractivity contribution in [2.45, 2.75) is 31.8 Å². The third-order valence-electron chi connectivity index (χ3n) is 1.75. The summed E-state index contributed by atoms with van der Waals surface area (Å²) in [5, 5.41) is 19.1. The normalized spacial score (nSPS) is 14.0.